The molecule has 1 aliphatic rings. The molecule has 1 saturated heterocycles. The van der Waals surface area contributed by atoms with E-state index in [1.54, 1.807) is 34.4 Å². The van der Waals surface area contributed by atoms with Gasteiger partial charge in [0.25, 0.3) is 5.69 Å². The number of carbonyl (C=O) groups excluding carboxylic acids is 1. The van der Waals surface area contributed by atoms with Crippen molar-refractivity contribution >= 4 is 56.0 Å². The molecule has 0 spiro atoms. The van der Waals surface area contributed by atoms with Crippen LogP contribution in [0.15, 0.2) is 48.5 Å². The fourth-order valence-electron chi connectivity index (χ4n) is 3.15. The maximum Gasteiger partial charge on any atom is 0.270 e. The molecular formula is C20H17ClN4O3S. The maximum absolute atomic E-state index is 12.5. The number of carbonyl (C=O) groups is 1. The normalized spacial score (nSPS) is 14.7. The summed E-state index contributed by atoms with van der Waals surface area (Å²) >= 11 is 7.64. The number of rotatable bonds is 4. The van der Waals surface area contributed by atoms with E-state index in [-0.39, 0.29) is 11.6 Å². The lowest BCUT2D eigenvalue weighted by atomic mass is 10.2. The first-order chi connectivity index (χ1) is 14.0. The van der Waals surface area contributed by atoms with E-state index in [2.05, 4.69) is 9.88 Å². The molecule has 0 N–H and O–H groups in total. The number of fused-ring (bicyclic) bond motifs is 1. The van der Waals surface area contributed by atoms with Gasteiger partial charge in [0, 0.05) is 49.4 Å². The predicted octanol–water partition coefficient (Wildman–Crippen LogP) is 4.22. The van der Waals surface area contributed by atoms with Gasteiger partial charge in [-0.3, -0.25) is 14.9 Å². The first-order valence-corrected chi connectivity index (χ1v) is 10.2. The van der Waals surface area contributed by atoms with Crippen LogP contribution in [0.25, 0.3) is 16.3 Å². The van der Waals surface area contributed by atoms with Crippen LogP contribution in [-0.4, -0.2) is 46.9 Å². The van der Waals surface area contributed by atoms with Crippen molar-refractivity contribution in [2.24, 2.45) is 0 Å². The summed E-state index contributed by atoms with van der Waals surface area (Å²) in [5, 5.41) is 12.5. The van der Waals surface area contributed by atoms with Gasteiger partial charge in [0.1, 0.15) is 0 Å². The molecule has 2 heterocycles. The third-order valence-corrected chi connectivity index (χ3v) is 6.01. The Hall–Kier alpha value is -2.97. The maximum atomic E-state index is 12.5. The molecule has 0 bridgehead atoms. The average Bonchev–Trinajstić information content (AvgIpc) is 3.15. The highest BCUT2D eigenvalue weighted by molar-refractivity contribution is 7.22. The number of hydrogen-bond acceptors (Lipinski definition) is 6. The van der Waals surface area contributed by atoms with Crippen LogP contribution in [0.4, 0.5) is 10.8 Å². The van der Waals surface area contributed by atoms with Crippen molar-refractivity contribution in [3.63, 3.8) is 0 Å². The molecule has 1 aliphatic heterocycles. The third kappa shape index (κ3) is 4.38. The van der Waals surface area contributed by atoms with Gasteiger partial charge in [-0.2, -0.15) is 0 Å². The van der Waals surface area contributed by atoms with Crippen LogP contribution in [0.5, 0.6) is 0 Å². The van der Waals surface area contributed by atoms with Gasteiger partial charge < -0.3 is 9.80 Å². The zero-order valence-electron chi connectivity index (χ0n) is 15.3. The van der Waals surface area contributed by atoms with E-state index < -0.39 is 4.92 Å². The Morgan fingerprint density at radius 2 is 1.97 bits per heavy atom. The summed E-state index contributed by atoms with van der Waals surface area (Å²) in [6.45, 7) is 2.58. The van der Waals surface area contributed by atoms with Gasteiger partial charge in [-0.1, -0.05) is 35.1 Å². The topological polar surface area (TPSA) is 79.6 Å². The number of halogens is 1. The second-order valence-electron chi connectivity index (χ2n) is 6.61. The lowest BCUT2D eigenvalue weighted by Crippen LogP contribution is -2.48. The van der Waals surface area contributed by atoms with E-state index in [4.69, 9.17) is 11.6 Å². The lowest BCUT2D eigenvalue weighted by Gasteiger charge is -2.34. The molecule has 7 nitrogen and oxygen atoms in total. The average molecular weight is 429 g/mol. The number of hydrogen-bond donors (Lipinski definition) is 0. The molecule has 9 heteroatoms. The summed E-state index contributed by atoms with van der Waals surface area (Å²) < 4.78 is 1.05. The summed E-state index contributed by atoms with van der Waals surface area (Å²) in [6.07, 6.45) is 3.08. The fourth-order valence-corrected chi connectivity index (χ4v) is 4.45. The number of non-ortho nitro benzene ring substituents is 1. The zero-order valence-corrected chi connectivity index (χ0v) is 16.9. The van der Waals surface area contributed by atoms with Crippen LogP contribution in [0.3, 0.4) is 0 Å². The molecule has 1 aromatic heterocycles. The highest BCUT2D eigenvalue weighted by Gasteiger charge is 2.22. The fraction of sp³-hybridized carbons (Fsp3) is 0.200. The van der Waals surface area contributed by atoms with E-state index in [1.807, 2.05) is 18.2 Å². The minimum atomic E-state index is -0.450. The Morgan fingerprint density at radius 3 is 2.72 bits per heavy atom. The van der Waals surface area contributed by atoms with Gasteiger partial charge in [-0.05, 0) is 29.8 Å². The molecule has 4 rings (SSSR count). The molecule has 148 valence electrons. The summed E-state index contributed by atoms with van der Waals surface area (Å²) in [5.74, 6) is -0.104. The monoisotopic (exact) mass is 428 g/mol. The van der Waals surface area contributed by atoms with E-state index in [0.717, 1.165) is 15.3 Å². The second kappa shape index (κ2) is 8.18. The number of nitrogens with zero attached hydrogens (tertiary/aromatic N) is 4. The molecule has 0 aliphatic carbocycles. The van der Waals surface area contributed by atoms with Crippen LogP contribution in [0.1, 0.15) is 5.56 Å². The van der Waals surface area contributed by atoms with E-state index in [0.29, 0.717) is 36.8 Å². The Balaban J connectivity index is 1.38. The van der Waals surface area contributed by atoms with Crippen molar-refractivity contribution in [2.75, 3.05) is 31.1 Å². The zero-order chi connectivity index (χ0) is 20.4. The smallest absolute Gasteiger partial charge is 0.270 e. The number of piperazine rings is 1. The Kier molecular flexibility index (Phi) is 5.46. The standard InChI is InChI=1S/C20H17ClN4O3S/c21-15-5-6-17-18(13-15)29-20(22-17)24-10-8-23(9-11-24)19(26)7-4-14-2-1-3-16(12-14)25(27)28/h1-7,12-13H,8-11H2/b7-4+. The predicted molar refractivity (Wildman–Crippen MR) is 116 cm³/mol. The third-order valence-electron chi connectivity index (χ3n) is 4.70. The first kappa shape index (κ1) is 19.4. The van der Waals surface area contributed by atoms with Crippen molar-refractivity contribution < 1.29 is 9.72 Å². The minimum absolute atomic E-state index is 0.00494. The molecule has 2 aromatic carbocycles. The van der Waals surface area contributed by atoms with Crippen molar-refractivity contribution in [3.05, 3.63) is 69.2 Å². The number of anilines is 1. The molecule has 1 amide bonds. The highest BCUT2D eigenvalue weighted by Crippen LogP contribution is 2.31. The number of aromatic nitrogens is 1. The van der Waals surface area contributed by atoms with Gasteiger partial charge in [-0.15, -0.1) is 0 Å². The molecule has 29 heavy (non-hydrogen) atoms. The van der Waals surface area contributed by atoms with Crippen LogP contribution in [0.2, 0.25) is 5.02 Å². The summed E-state index contributed by atoms with van der Waals surface area (Å²) in [4.78, 5) is 31.5. The number of benzene rings is 2. The SMILES string of the molecule is O=C(/C=C/c1cccc([N+](=O)[O-])c1)N1CCN(c2nc3ccc(Cl)cc3s2)CC1. The minimum Gasteiger partial charge on any atom is -0.345 e. The van der Waals surface area contributed by atoms with Gasteiger partial charge >= 0.3 is 0 Å². The largest absolute Gasteiger partial charge is 0.345 e. The molecular weight excluding hydrogens is 412 g/mol. The van der Waals surface area contributed by atoms with Crippen molar-refractivity contribution in [3.8, 4) is 0 Å². The van der Waals surface area contributed by atoms with Gasteiger partial charge in [0.2, 0.25) is 5.91 Å². The molecule has 1 fully saturated rings. The van der Waals surface area contributed by atoms with Gasteiger partial charge in [-0.25, -0.2) is 4.98 Å². The first-order valence-electron chi connectivity index (χ1n) is 9.02. The van der Waals surface area contributed by atoms with Crippen LogP contribution >= 0.6 is 22.9 Å². The number of nitro groups is 1. The van der Waals surface area contributed by atoms with E-state index in [1.165, 1.54) is 18.2 Å². The van der Waals surface area contributed by atoms with Crippen molar-refractivity contribution in [1.82, 2.24) is 9.88 Å². The molecule has 0 unspecified atom stereocenters. The molecule has 3 aromatic rings. The van der Waals surface area contributed by atoms with Crippen LogP contribution in [0, 0.1) is 10.1 Å². The molecule has 0 saturated carbocycles. The van der Waals surface area contributed by atoms with Crippen molar-refractivity contribution in [2.45, 2.75) is 0 Å². The van der Waals surface area contributed by atoms with E-state index in [9.17, 15) is 14.9 Å². The number of thiazole rings is 1. The number of nitro benzene ring substituents is 1. The lowest BCUT2D eigenvalue weighted by molar-refractivity contribution is -0.384. The van der Waals surface area contributed by atoms with Crippen LogP contribution in [-0.2, 0) is 4.79 Å². The highest BCUT2D eigenvalue weighted by atomic mass is 35.5. The Bertz CT molecular complexity index is 1110. The number of amides is 1. The summed E-state index contributed by atoms with van der Waals surface area (Å²) in [6, 6.07) is 11.9. The quantitative estimate of drug-likeness (QED) is 0.353. The Labute approximate surface area is 176 Å². The molecule has 0 atom stereocenters. The van der Waals surface area contributed by atoms with Crippen LogP contribution < -0.4 is 4.90 Å². The summed E-state index contributed by atoms with van der Waals surface area (Å²) in [5.41, 5.74) is 1.55. The Morgan fingerprint density at radius 1 is 1.17 bits per heavy atom. The molecule has 0 radical (unpaired) electrons. The van der Waals surface area contributed by atoms with E-state index >= 15 is 0 Å². The van der Waals surface area contributed by atoms with Gasteiger partial charge in [0.05, 0.1) is 15.1 Å². The van der Waals surface area contributed by atoms with Gasteiger partial charge in [0.15, 0.2) is 5.13 Å². The van der Waals surface area contributed by atoms with Crippen molar-refractivity contribution in [1.29, 1.82) is 0 Å². The summed E-state index contributed by atoms with van der Waals surface area (Å²) in [7, 11) is 0. The second-order valence-corrected chi connectivity index (χ2v) is 8.05.